The number of amides is 1. The highest BCUT2D eigenvalue weighted by atomic mass is 16.2. The van der Waals surface area contributed by atoms with E-state index in [-0.39, 0.29) is 17.6 Å². The van der Waals surface area contributed by atoms with Crippen molar-refractivity contribution in [2.45, 2.75) is 19.3 Å². The van der Waals surface area contributed by atoms with Crippen molar-refractivity contribution in [3.05, 3.63) is 60.2 Å². The second-order valence-corrected chi connectivity index (χ2v) is 5.74. The van der Waals surface area contributed by atoms with Crippen LogP contribution < -0.4 is 5.32 Å². The van der Waals surface area contributed by atoms with Crippen LogP contribution in [0.3, 0.4) is 0 Å². The molecule has 1 atom stereocenters. The number of aryl methyl sites for hydroxylation is 1. The van der Waals surface area contributed by atoms with Gasteiger partial charge in [0.1, 0.15) is 0 Å². The molecular weight excluding hydrogens is 290 g/mol. The third kappa shape index (κ3) is 3.39. The number of rotatable bonds is 4. The topological polar surface area (TPSA) is 64.0 Å². The van der Waals surface area contributed by atoms with Gasteiger partial charge in [-0.05, 0) is 43.5 Å². The smallest absolute Gasteiger partial charge is 0.228 e. The van der Waals surface area contributed by atoms with E-state index in [4.69, 9.17) is 0 Å². The Labute approximate surface area is 135 Å². The molecule has 3 rings (SSSR count). The summed E-state index contributed by atoms with van der Waals surface area (Å²) < 4.78 is 1.69. The van der Waals surface area contributed by atoms with E-state index in [1.165, 1.54) is 0 Å². The van der Waals surface area contributed by atoms with Crippen LogP contribution in [0.5, 0.6) is 0 Å². The molecule has 0 radical (unpaired) electrons. The van der Waals surface area contributed by atoms with E-state index in [0.717, 1.165) is 19.3 Å². The van der Waals surface area contributed by atoms with Gasteiger partial charge in [0.25, 0.3) is 0 Å². The van der Waals surface area contributed by atoms with Crippen LogP contribution in [-0.2, 0) is 11.8 Å². The van der Waals surface area contributed by atoms with Gasteiger partial charge in [-0.3, -0.25) is 9.59 Å². The molecule has 0 fully saturated rings. The average molecular weight is 309 g/mol. The lowest BCUT2D eigenvalue weighted by atomic mass is 9.93. The van der Waals surface area contributed by atoms with E-state index < -0.39 is 0 Å². The van der Waals surface area contributed by atoms with Crippen LogP contribution in [0, 0.1) is 5.92 Å². The minimum atomic E-state index is -0.132. The largest absolute Gasteiger partial charge is 0.331 e. The summed E-state index contributed by atoms with van der Waals surface area (Å²) in [6.45, 7) is 0. The number of aromatic nitrogens is 2. The zero-order valence-electron chi connectivity index (χ0n) is 13.0. The summed E-state index contributed by atoms with van der Waals surface area (Å²) in [4.78, 5) is 28.6. The molecule has 5 heteroatoms. The molecule has 0 bridgehead atoms. The number of allylic oxidation sites excluding steroid dienone is 2. The van der Waals surface area contributed by atoms with Crippen LogP contribution in [0.15, 0.2) is 48.8 Å². The molecular formula is C18H19N3O2. The molecule has 0 aliphatic heterocycles. The van der Waals surface area contributed by atoms with Gasteiger partial charge in [0.15, 0.2) is 5.82 Å². The average Bonchev–Trinajstić information content (AvgIpc) is 3.02. The van der Waals surface area contributed by atoms with Crippen LogP contribution >= 0.6 is 0 Å². The monoisotopic (exact) mass is 309 g/mol. The standard InChI is InChI=1S/C18H19N3O2/c1-21-12-11-19-17(21)16(22)13-7-9-15(10-8-13)20-18(23)14-5-3-2-4-6-14/h2-3,7-12,14H,4-6H2,1H3,(H,20,23)/t14-/m0/s1. The quantitative estimate of drug-likeness (QED) is 0.697. The molecule has 1 amide bonds. The molecule has 0 spiro atoms. The van der Waals surface area contributed by atoms with Gasteiger partial charge in [-0.1, -0.05) is 12.2 Å². The van der Waals surface area contributed by atoms with Gasteiger partial charge in [-0.15, -0.1) is 0 Å². The normalized spacial score (nSPS) is 17.0. The first-order valence-corrected chi connectivity index (χ1v) is 7.73. The van der Waals surface area contributed by atoms with Crippen LogP contribution in [-0.4, -0.2) is 21.2 Å². The lowest BCUT2D eigenvalue weighted by molar-refractivity contribution is -0.120. The number of ketones is 1. The Morgan fingerprint density at radius 3 is 2.61 bits per heavy atom. The number of hydrogen-bond acceptors (Lipinski definition) is 3. The number of nitrogens with zero attached hydrogens (tertiary/aromatic N) is 2. The molecule has 1 aromatic heterocycles. The molecule has 0 saturated heterocycles. The second kappa shape index (κ2) is 6.60. The first kappa shape index (κ1) is 15.2. The molecule has 2 aromatic rings. The van der Waals surface area contributed by atoms with Crippen LogP contribution in [0.4, 0.5) is 5.69 Å². The number of anilines is 1. The van der Waals surface area contributed by atoms with Gasteiger partial charge < -0.3 is 9.88 Å². The van der Waals surface area contributed by atoms with Crippen molar-refractivity contribution in [3.63, 3.8) is 0 Å². The van der Waals surface area contributed by atoms with Crippen molar-refractivity contribution in [3.8, 4) is 0 Å². The van der Waals surface area contributed by atoms with Crippen molar-refractivity contribution in [1.29, 1.82) is 0 Å². The zero-order valence-corrected chi connectivity index (χ0v) is 13.0. The number of nitrogens with one attached hydrogen (secondary N) is 1. The minimum Gasteiger partial charge on any atom is -0.331 e. The third-order valence-electron chi connectivity index (χ3n) is 4.08. The summed E-state index contributed by atoms with van der Waals surface area (Å²) in [7, 11) is 1.79. The van der Waals surface area contributed by atoms with Gasteiger partial charge in [-0.2, -0.15) is 0 Å². The Morgan fingerprint density at radius 1 is 1.22 bits per heavy atom. The zero-order chi connectivity index (χ0) is 16.2. The van der Waals surface area contributed by atoms with Gasteiger partial charge in [0.05, 0.1) is 0 Å². The van der Waals surface area contributed by atoms with Crippen molar-refractivity contribution in [2.75, 3.05) is 5.32 Å². The maximum Gasteiger partial charge on any atom is 0.228 e. The number of carbonyl (C=O) groups excluding carboxylic acids is 2. The third-order valence-corrected chi connectivity index (χ3v) is 4.08. The molecule has 1 N–H and O–H groups in total. The predicted octanol–water partition coefficient (Wildman–Crippen LogP) is 2.95. The minimum absolute atomic E-state index is 0.0360. The lowest BCUT2D eigenvalue weighted by Crippen LogP contribution is -2.23. The number of carbonyl (C=O) groups is 2. The Bertz CT molecular complexity index is 744. The number of benzene rings is 1. The Kier molecular flexibility index (Phi) is 4.37. The Hall–Kier alpha value is -2.69. The van der Waals surface area contributed by atoms with E-state index in [1.807, 2.05) is 0 Å². The van der Waals surface area contributed by atoms with Gasteiger partial charge in [0.2, 0.25) is 11.7 Å². The molecule has 1 heterocycles. The fourth-order valence-electron chi connectivity index (χ4n) is 2.69. The first-order valence-electron chi connectivity index (χ1n) is 7.73. The Morgan fingerprint density at radius 2 is 2.00 bits per heavy atom. The molecule has 0 saturated carbocycles. The summed E-state index contributed by atoms with van der Waals surface area (Å²) in [5.41, 5.74) is 1.26. The van der Waals surface area contributed by atoms with Crippen LogP contribution in [0.25, 0.3) is 0 Å². The highest BCUT2D eigenvalue weighted by molar-refractivity contribution is 6.07. The summed E-state index contributed by atoms with van der Waals surface area (Å²) >= 11 is 0. The van der Waals surface area contributed by atoms with E-state index >= 15 is 0 Å². The van der Waals surface area contributed by atoms with Gasteiger partial charge in [0, 0.05) is 36.6 Å². The van der Waals surface area contributed by atoms with Gasteiger partial charge in [-0.25, -0.2) is 4.98 Å². The maximum atomic E-state index is 12.3. The fraction of sp³-hybridized carbons (Fsp3) is 0.278. The van der Waals surface area contributed by atoms with Crippen molar-refractivity contribution in [2.24, 2.45) is 13.0 Å². The molecule has 1 aromatic carbocycles. The lowest BCUT2D eigenvalue weighted by Gasteiger charge is -2.17. The Balaban J connectivity index is 1.67. The summed E-state index contributed by atoms with van der Waals surface area (Å²) in [5.74, 6) is 0.343. The number of hydrogen-bond donors (Lipinski definition) is 1. The van der Waals surface area contributed by atoms with Gasteiger partial charge >= 0.3 is 0 Å². The van der Waals surface area contributed by atoms with E-state index in [0.29, 0.717) is 17.1 Å². The summed E-state index contributed by atoms with van der Waals surface area (Å²) in [6, 6.07) is 6.94. The SMILES string of the molecule is Cn1ccnc1C(=O)c1ccc(NC(=O)[C@H]2CC=CCC2)cc1. The molecule has 118 valence electrons. The molecule has 0 unspecified atom stereocenters. The summed E-state index contributed by atoms with van der Waals surface area (Å²) in [5, 5.41) is 2.92. The molecule has 23 heavy (non-hydrogen) atoms. The molecule has 5 nitrogen and oxygen atoms in total. The highest BCUT2D eigenvalue weighted by Crippen LogP contribution is 2.20. The summed E-state index contributed by atoms with van der Waals surface area (Å²) in [6.07, 6.45) is 10.1. The highest BCUT2D eigenvalue weighted by Gasteiger charge is 2.19. The first-order chi connectivity index (χ1) is 11.1. The van der Waals surface area contributed by atoms with Crippen molar-refractivity contribution < 1.29 is 9.59 Å². The van der Waals surface area contributed by atoms with Crippen LogP contribution in [0.2, 0.25) is 0 Å². The van der Waals surface area contributed by atoms with Crippen LogP contribution in [0.1, 0.15) is 35.4 Å². The molecule has 1 aliphatic carbocycles. The van der Waals surface area contributed by atoms with E-state index in [9.17, 15) is 9.59 Å². The van der Waals surface area contributed by atoms with E-state index in [1.54, 1.807) is 48.3 Å². The second-order valence-electron chi connectivity index (χ2n) is 5.74. The predicted molar refractivity (Wildman–Crippen MR) is 88.2 cm³/mol. The molecule has 1 aliphatic rings. The fourth-order valence-corrected chi connectivity index (χ4v) is 2.69. The van der Waals surface area contributed by atoms with Crippen molar-refractivity contribution in [1.82, 2.24) is 9.55 Å². The van der Waals surface area contributed by atoms with Crippen molar-refractivity contribution >= 4 is 17.4 Å². The maximum absolute atomic E-state index is 12.3. The number of imidazole rings is 1. The van der Waals surface area contributed by atoms with E-state index in [2.05, 4.69) is 22.5 Å².